The number of aliphatic hydroxyl groups excluding tert-OH is 1. The standard InChI is InChI=1S/C27H27NO5S/c1-20-12-14-24(15-13-20)34(31,32)28(18-21-7-3-2-4-8-21)26-17-22(10-6-16-29)27-23(19-30)9-5-11-25(27)33-26/h2-4,7-8,10,12-15,17,29H,5-6,9,11,16,18H2,1H3. The van der Waals surface area contributed by atoms with Crippen molar-refractivity contribution in [3.63, 3.8) is 0 Å². The molecule has 2 aromatic carbocycles. The maximum absolute atomic E-state index is 13.8. The zero-order valence-electron chi connectivity index (χ0n) is 19.0. The molecule has 176 valence electrons. The van der Waals surface area contributed by atoms with Gasteiger partial charge in [0.2, 0.25) is 5.88 Å². The highest BCUT2D eigenvalue weighted by molar-refractivity contribution is 7.89. The highest BCUT2D eigenvalue weighted by Crippen LogP contribution is 2.41. The number of nitrogens with zero attached hydrogens (tertiary/aromatic N) is 1. The molecule has 2 aliphatic rings. The molecule has 34 heavy (non-hydrogen) atoms. The molecule has 0 unspecified atom stereocenters. The number of hydrogen-bond acceptors (Lipinski definition) is 5. The second-order valence-electron chi connectivity index (χ2n) is 8.30. The summed E-state index contributed by atoms with van der Waals surface area (Å²) >= 11 is 0. The highest BCUT2D eigenvalue weighted by Gasteiger charge is 2.34. The van der Waals surface area contributed by atoms with E-state index in [9.17, 15) is 18.3 Å². The molecule has 4 rings (SSSR count). The Kier molecular flexibility index (Phi) is 7.17. The minimum Gasteiger partial charge on any atom is -0.444 e. The van der Waals surface area contributed by atoms with Crippen molar-refractivity contribution in [2.75, 3.05) is 6.61 Å². The molecule has 2 aromatic rings. The number of ether oxygens (including phenoxy) is 1. The molecule has 1 N–H and O–H groups in total. The Morgan fingerprint density at radius 3 is 2.50 bits per heavy atom. The monoisotopic (exact) mass is 477 g/mol. The van der Waals surface area contributed by atoms with Gasteiger partial charge in [-0.1, -0.05) is 54.1 Å². The molecule has 1 aliphatic heterocycles. The van der Waals surface area contributed by atoms with E-state index in [1.54, 1.807) is 36.4 Å². The molecule has 0 bridgehead atoms. The van der Waals surface area contributed by atoms with Gasteiger partial charge in [0.15, 0.2) is 0 Å². The van der Waals surface area contributed by atoms with E-state index < -0.39 is 10.0 Å². The van der Waals surface area contributed by atoms with E-state index in [4.69, 9.17) is 4.74 Å². The summed E-state index contributed by atoms with van der Waals surface area (Å²) in [4.78, 5) is 11.8. The van der Waals surface area contributed by atoms with Crippen molar-refractivity contribution >= 4 is 16.0 Å². The summed E-state index contributed by atoms with van der Waals surface area (Å²) in [6.45, 7) is 1.92. The Labute approximate surface area is 200 Å². The first-order chi connectivity index (χ1) is 16.4. The van der Waals surface area contributed by atoms with Gasteiger partial charge in [-0.3, -0.25) is 0 Å². The number of aryl methyl sites for hydroxylation is 1. The maximum Gasteiger partial charge on any atom is 0.266 e. The van der Waals surface area contributed by atoms with Gasteiger partial charge in [-0.2, -0.15) is 0 Å². The lowest BCUT2D eigenvalue weighted by Gasteiger charge is -2.33. The van der Waals surface area contributed by atoms with Crippen LogP contribution < -0.4 is 0 Å². The van der Waals surface area contributed by atoms with Gasteiger partial charge in [-0.15, -0.1) is 0 Å². The third-order valence-corrected chi connectivity index (χ3v) is 7.60. The van der Waals surface area contributed by atoms with Crippen molar-refractivity contribution in [3.8, 4) is 0 Å². The van der Waals surface area contributed by atoms with Gasteiger partial charge < -0.3 is 9.84 Å². The van der Waals surface area contributed by atoms with Gasteiger partial charge in [0, 0.05) is 30.2 Å². The van der Waals surface area contributed by atoms with Gasteiger partial charge in [0.05, 0.1) is 11.4 Å². The molecular formula is C27H27NO5S. The molecule has 7 heteroatoms. The van der Waals surface area contributed by atoms with Crippen LogP contribution in [0.4, 0.5) is 0 Å². The first-order valence-electron chi connectivity index (χ1n) is 11.3. The molecule has 0 radical (unpaired) electrons. The second kappa shape index (κ2) is 10.3. The van der Waals surface area contributed by atoms with Crippen LogP contribution in [0.15, 0.2) is 100 Å². The Hall–Kier alpha value is -3.38. The van der Waals surface area contributed by atoms with Crippen LogP contribution in [-0.2, 0) is 26.1 Å². The third kappa shape index (κ3) is 4.92. The molecule has 6 nitrogen and oxygen atoms in total. The van der Waals surface area contributed by atoms with Gasteiger partial charge in [0.25, 0.3) is 10.0 Å². The van der Waals surface area contributed by atoms with Crippen LogP contribution in [0.1, 0.15) is 36.8 Å². The van der Waals surface area contributed by atoms with Crippen LogP contribution in [0.2, 0.25) is 0 Å². The summed E-state index contributed by atoms with van der Waals surface area (Å²) in [5.74, 6) is 2.74. The lowest BCUT2D eigenvalue weighted by Crippen LogP contribution is -2.33. The Bertz CT molecular complexity index is 1300. The Morgan fingerprint density at radius 2 is 1.82 bits per heavy atom. The fourth-order valence-electron chi connectivity index (χ4n) is 4.12. The van der Waals surface area contributed by atoms with E-state index in [2.05, 4.69) is 0 Å². The molecule has 0 atom stereocenters. The number of aliphatic hydroxyl groups is 1. The number of hydrogen-bond donors (Lipinski definition) is 1. The molecule has 0 fully saturated rings. The summed E-state index contributed by atoms with van der Waals surface area (Å²) in [7, 11) is -3.96. The van der Waals surface area contributed by atoms with Crippen LogP contribution in [0.25, 0.3) is 0 Å². The zero-order chi connectivity index (χ0) is 24.1. The maximum atomic E-state index is 13.8. The van der Waals surface area contributed by atoms with Crippen LogP contribution in [0.5, 0.6) is 0 Å². The smallest absolute Gasteiger partial charge is 0.266 e. The number of benzene rings is 2. The summed E-state index contributed by atoms with van der Waals surface area (Å²) in [6, 6.07) is 16.0. The van der Waals surface area contributed by atoms with E-state index in [1.807, 2.05) is 43.2 Å². The van der Waals surface area contributed by atoms with Crippen molar-refractivity contribution in [3.05, 3.63) is 106 Å². The predicted octanol–water partition coefficient (Wildman–Crippen LogP) is 4.56. The molecular weight excluding hydrogens is 450 g/mol. The lowest BCUT2D eigenvalue weighted by molar-refractivity contribution is 0.198. The Balaban J connectivity index is 1.83. The third-order valence-electron chi connectivity index (χ3n) is 5.85. The Morgan fingerprint density at radius 1 is 1.09 bits per heavy atom. The SMILES string of the molecule is Cc1ccc(S(=O)(=O)N(Cc2ccccc2)C2=CC(=CCCO)C3=C(CCCC3=C=O)O2)cc1. The van der Waals surface area contributed by atoms with Crippen LogP contribution in [0.3, 0.4) is 0 Å². The molecule has 1 aliphatic carbocycles. The molecule has 0 amide bonds. The molecule has 1 heterocycles. The zero-order valence-corrected chi connectivity index (χ0v) is 19.8. The fraction of sp³-hybridized carbons (Fsp3) is 0.259. The summed E-state index contributed by atoms with van der Waals surface area (Å²) in [6.07, 6.45) is 5.70. The van der Waals surface area contributed by atoms with Crippen LogP contribution >= 0.6 is 0 Å². The highest BCUT2D eigenvalue weighted by atomic mass is 32.2. The summed E-state index contributed by atoms with van der Waals surface area (Å²) < 4.78 is 35.1. The van der Waals surface area contributed by atoms with Gasteiger partial charge in [0.1, 0.15) is 11.7 Å². The molecule has 0 saturated heterocycles. The van der Waals surface area contributed by atoms with E-state index >= 15 is 0 Å². The summed E-state index contributed by atoms with van der Waals surface area (Å²) in [5.41, 5.74) is 3.60. The largest absolute Gasteiger partial charge is 0.444 e. The lowest BCUT2D eigenvalue weighted by atomic mass is 9.86. The average molecular weight is 478 g/mol. The van der Waals surface area contributed by atoms with Gasteiger partial charge in [-0.05, 0) is 49.5 Å². The van der Waals surface area contributed by atoms with E-state index in [-0.39, 0.29) is 23.9 Å². The van der Waals surface area contributed by atoms with Crippen molar-refractivity contribution < 1.29 is 23.1 Å². The van der Waals surface area contributed by atoms with E-state index in [1.165, 1.54) is 4.31 Å². The predicted molar refractivity (Wildman–Crippen MR) is 129 cm³/mol. The van der Waals surface area contributed by atoms with E-state index in [0.29, 0.717) is 48.2 Å². The summed E-state index contributed by atoms with van der Waals surface area (Å²) in [5, 5.41) is 9.38. The second-order valence-corrected chi connectivity index (χ2v) is 10.2. The number of sulfonamides is 1. The topological polar surface area (TPSA) is 83.9 Å². The molecule has 0 saturated carbocycles. The van der Waals surface area contributed by atoms with Crippen molar-refractivity contribution in [2.24, 2.45) is 0 Å². The average Bonchev–Trinajstić information content (AvgIpc) is 2.86. The first-order valence-corrected chi connectivity index (χ1v) is 12.7. The number of allylic oxidation sites excluding steroid dienone is 5. The normalized spacial score (nSPS) is 17.1. The number of rotatable bonds is 7. The minimum atomic E-state index is -3.96. The van der Waals surface area contributed by atoms with Gasteiger partial charge in [-0.25, -0.2) is 17.5 Å². The van der Waals surface area contributed by atoms with Crippen molar-refractivity contribution in [1.29, 1.82) is 0 Å². The van der Waals surface area contributed by atoms with Crippen LogP contribution in [-0.4, -0.2) is 30.4 Å². The first kappa shape index (κ1) is 23.8. The molecule has 0 aromatic heterocycles. The van der Waals surface area contributed by atoms with Crippen LogP contribution in [0, 0.1) is 6.92 Å². The van der Waals surface area contributed by atoms with Crippen molar-refractivity contribution in [1.82, 2.24) is 4.31 Å². The number of carbonyl (C=O) groups excluding carboxylic acids is 1. The van der Waals surface area contributed by atoms with Crippen molar-refractivity contribution in [2.45, 2.75) is 44.0 Å². The quantitative estimate of drug-likeness (QED) is 0.591. The fourth-order valence-corrected chi connectivity index (χ4v) is 5.50. The minimum absolute atomic E-state index is 0.0638. The molecule has 0 spiro atoms. The van der Waals surface area contributed by atoms with E-state index in [0.717, 1.165) is 11.1 Å². The van der Waals surface area contributed by atoms with Gasteiger partial charge >= 0.3 is 0 Å².